The molecule has 0 aliphatic heterocycles. The summed E-state index contributed by atoms with van der Waals surface area (Å²) in [5.41, 5.74) is 7.09. The van der Waals surface area contributed by atoms with Crippen LogP contribution in [-0.2, 0) is 0 Å². The van der Waals surface area contributed by atoms with Gasteiger partial charge in [0.15, 0.2) is 0 Å². The van der Waals surface area contributed by atoms with E-state index in [0.717, 1.165) is 5.56 Å². The number of nitrogens with two attached hydrogens (primary N) is 1. The first kappa shape index (κ1) is 10.5. The Bertz CT molecular complexity index is 468. The van der Waals surface area contributed by atoms with Crippen molar-refractivity contribution < 1.29 is 4.79 Å². The van der Waals surface area contributed by atoms with Gasteiger partial charge in [-0.05, 0) is 17.7 Å². The number of carbonyl (C=O) groups excluding carboxylic acids is 1. The molecule has 0 amide bonds. The van der Waals surface area contributed by atoms with E-state index in [4.69, 9.17) is 5.73 Å². The van der Waals surface area contributed by atoms with E-state index in [1.807, 2.05) is 30.3 Å². The third-order valence-corrected chi connectivity index (χ3v) is 2.36. The molecule has 3 nitrogen and oxygen atoms in total. The average Bonchev–Trinajstić information content (AvgIpc) is 2.39. The quantitative estimate of drug-likeness (QED) is 0.791. The second-order valence-electron chi connectivity index (χ2n) is 3.47. The summed E-state index contributed by atoms with van der Waals surface area (Å²) in [6, 6.07) is 13.9. The predicted octanol–water partition coefficient (Wildman–Crippen LogP) is 1.96. The molecule has 0 spiro atoms. The van der Waals surface area contributed by atoms with Crippen LogP contribution in [0.15, 0.2) is 54.7 Å². The summed E-state index contributed by atoms with van der Waals surface area (Å²) in [5.74, 6) is -0.160. The molecule has 0 bridgehead atoms. The van der Waals surface area contributed by atoms with E-state index in [1.54, 1.807) is 24.4 Å². The second-order valence-corrected chi connectivity index (χ2v) is 3.47. The van der Waals surface area contributed by atoms with Crippen LogP contribution in [0.5, 0.6) is 0 Å². The van der Waals surface area contributed by atoms with Crippen LogP contribution in [0.2, 0.25) is 0 Å². The highest BCUT2D eigenvalue weighted by Gasteiger charge is 2.17. The summed E-state index contributed by atoms with van der Waals surface area (Å²) in [6.45, 7) is 0. The van der Waals surface area contributed by atoms with Gasteiger partial charge in [-0.25, -0.2) is 0 Å². The fourth-order valence-corrected chi connectivity index (χ4v) is 1.48. The first-order valence-electron chi connectivity index (χ1n) is 5.05. The van der Waals surface area contributed by atoms with E-state index in [2.05, 4.69) is 4.98 Å². The van der Waals surface area contributed by atoms with Crippen LogP contribution in [0.4, 0.5) is 0 Å². The third-order valence-electron chi connectivity index (χ3n) is 2.36. The van der Waals surface area contributed by atoms with Gasteiger partial charge < -0.3 is 5.73 Å². The minimum atomic E-state index is -0.643. The Morgan fingerprint density at radius 3 is 2.38 bits per heavy atom. The number of hydrogen-bond donors (Lipinski definition) is 1. The maximum Gasteiger partial charge on any atom is 0.202 e. The number of ketones is 1. The molecule has 0 aliphatic carbocycles. The second kappa shape index (κ2) is 4.68. The molecule has 1 heterocycles. The van der Waals surface area contributed by atoms with E-state index in [-0.39, 0.29) is 5.78 Å². The smallest absolute Gasteiger partial charge is 0.202 e. The summed E-state index contributed by atoms with van der Waals surface area (Å²) < 4.78 is 0. The normalized spacial score (nSPS) is 12.1. The molecule has 0 radical (unpaired) electrons. The van der Waals surface area contributed by atoms with Crippen molar-refractivity contribution in [1.82, 2.24) is 4.98 Å². The Balaban J connectivity index is 2.24. The van der Waals surface area contributed by atoms with Crippen molar-refractivity contribution >= 4 is 5.78 Å². The van der Waals surface area contributed by atoms with E-state index >= 15 is 0 Å². The summed E-state index contributed by atoms with van der Waals surface area (Å²) in [6.07, 6.45) is 1.59. The molecule has 1 aromatic carbocycles. The Hall–Kier alpha value is -2.00. The number of hydrogen-bond acceptors (Lipinski definition) is 3. The zero-order chi connectivity index (χ0) is 11.4. The highest BCUT2D eigenvalue weighted by Crippen LogP contribution is 2.14. The van der Waals surface area contributed by atoms with E-state index in [0.29, 0.717) is 5.69 Å². The van der Waals surface area contributed by atoms with Crippen molar-refractivity contribution in [3.8, 4) is 0 Å². The maximum atomic E-state index is 12.0. The van der Waals surface area contributed by atoms with Gasteiger partial charge >= 0.3 is 0 Å². The topological polar surface area (TPSA) is 56.0 Å². The molecule has 0 aliphatic rings. The van der Waals surface area contributed by atoms with Crippen LogP contribution >= 0.6 is 0 Å². The zero-order valence-corrected chi connectivity index (χ0v) is 8.71. The molecule has 2 aromatic rings. The number of nitrogens with zero attached hydrogens (tertiary/aromatic N) is 1. The highest BCUT2D eigenvalue weighted by molar-refractivity contribution is 5.98. The Labute approximate surface area is 93.9 Å². The molecule has 2 N–H and O–H groups in total. The third kappa shape index (κ3) is 2.15. The molecule has 1 unspecified atom stereocenters. The minimum absolute atomic E-state index is 0.160. The molecule has 0 fully saturated rings. The highest BCUT2D eigenvalue weighted by atomic mass is 16.1. The molecular formula is C13H12N2O. The Morgan fingerprint density at radius 1 is 1.06 bits per heavy atom. The summed E-state index contributed by atoms with van der Waals surface area (Å²) in [7, 11) is 0. The van der Waals surface area contributed by atoms with Gasteiger partial charge in [-0.15, -0.1) is 0 Å². The summed E-state index contributed by atoms with van der Waals surface area (Å²) in [5, 5.41) is 0. The van der Waals surface area contributed by atoms with Gasteiger partial charge in [0.2, 0.25) is 5.78 Å². The van der Waals surface area contributed by atoms with Gasteiger partial charge in [-0.2, -0.15) is 0 Å². The van der Waals surface area contributed by atoms with Gasteiger partial charge in [0.1, 0.15) is 5.69 Å². The van der Waals surface area contributed by atoms with Crippen LogP contribution in [0.25, 0.3) is 0 Å². The molecule has 80 valence electrons. The largest absolute Gasteiger partial charge is 0.317 e. The fraction of sp³-hybridized carbons (Fsp3) is 0.0769. The predicted molar refractivity (Wildman–Crippen MR) is 61.9 cm³/mol. The van der Waals surface area contributed by atoms with Gasteiger partial charge in [-0.1, -0.05) is 36.4 Å². The summed E-state index contributed by atoms with van der Waals surface area (Å²) in [4.78, 5) is 16.0. The van der Waals surface area contributed by atoms with Crippen molar-refractivity contribution in [2.45, 2.75) is 6.04 Å². The fourth-order valence-electron chi connectivity index (χ4n) is 1.48. The lowest BCUT2D eigenvalue weighted by Gasteiger charge is -2.09. The average molecular weight is 212 g/mol. The SMILES string of the molecule is NC(C(=O)c1ccccn1)c1ccccc1. The molecule has 1 aromatic heterocycles. The van der Waals surface area contributed by atoms with Gasteiger partial charge in [0.25, 0.3) is 0 Å². The van der Waals surface area contributed by atoms with Crippen molar-refractivity contribution in [2.24, 2.45) is 5.73 Å². The van der Waals surface area contributed by atoms with Crippen molar-refractivity contribution in [2.75, 3.05) is 0 Å². The van der Waals surface area contributed by atoms with E-state index in [1.165, 1.54) is 0 Å². The molecule has 1 atom stereocenters. The monoisotopic (exact) mass is 212 g/mol. The first-order valence-corrected chi connectivity index (χ1v) is 5.05. The maximum absolute atomic E-state index is 12.0. The number of carbonyl (C=O) groups is 1. The lowest BCUT2D eigenvalue weighted by molar-refractivity contribution is 0.0956. The molecule has 2 rings (SSSR count). The van der Waals surface area contributed by atoms with Crippen LogP contribution in [0, 0.1) is 0 Å². The van der Waals surface area contributed by atoms with E-state index in [9.17, 15) is 4.79 Å². The number of aromatic nitrogens is 1. The number of rotatable bonds is 3. The van der Waals surface area contributed by atoms with Crippen LogP contribution < -0.4 is 5.73 Å². The van der Waals surface area contributed by atoms with Crippen molar-refractivity contribution in [1.29, 1.82) is 0 Å². The molecule has 16 heavy (non-hydrogen) atoms. The van der Waals surface area contributed by atoms with Gasteiger partial charge in [-0.3, -0.25) is 9.78 Å². The Morgan fingerprint density at radius 2 is 1.75 bits per heavy atom. The number of Topliss-reactive ketones (excluding diaryl/α,β-unsaturated/α-hetero) is 1. The van der Waals surface area contributed by atoms with E-state index < -0.39 is 6.04 Å². The summed E-state index contributed by atoms with van der Waals surface area (Å²) >= 11 is 0. The lowest BCUT2D eigenvalue weighted by Crippen LogP contribution is -2.22. The standard InChI is InChI=1S/C13H12N2O/c14-12(10-6-2-1-3-7-10)13(16)11-8-4-5-9-15-11/h1-9,12H,14H2. The first-order chi connectivity index (χ1) is 7.79. The van der Waals surface area contributed by atoms with Crippen molar-refractivity contribution in [3.63, 3.8) is 0 Å². The van der Waals surface area contributed by atoms with Crippen LogP contribution in [-0.4, -0.2) is 10.8 Å². The van der Waals surface area contributed by atoms with Crippen molar-refractivity contribution in [3.05, 3.63) is 66.0 Å². The molecule has 0 saturated heterocycles. The Kier molecular flexibility index (Phi) is 3.08. The lowest BCUT2D eigenvalue weighted by atomic mass is 10.0. The van der Waals surface area contributed by atoms with Crippen LogP contribution in [0.3, 0.4) is 0 Å². The van der Waals surface area contributed by atoms with Gasteiger partial charge in [0.05, 0.1) is 6.04 Å². The molecule has 3 heteroatoms. The zero-order valence-electron chi connectivity index (χ0n) is 8.71. The van der Waals surface area contributed by atoms with Crippen LogP contribution in [0.1, 0.15) is 22.1 Å². The number of benzene rings is 1. The number of pyridine rings is 1. The molecule has 0 saturated carbocycles. The molecular weight excluding hydrogens is 200 g/mol. The van der Waals surface area contributed by atoms with Gasteiger partial charge in [0, 0.05) is 6.20 Å². The minimum Gasteiger partial charge on any atom is -0.317 e.